The van der Waals surface area contributed by atoms with Crippen LogP contribution in [0.5, 0.6) is 0 Å². The van der Waals surface area contributed by atoms with Crippen LogP contribution >= 0.6 is 46.3 Å². The fourth-order valence-electron chi connectivity index (χ4n) is 4.04. The fraction of sp³-hybridized carbons (Fsp3) is 0.0357. The average molecular weight is 579 g/mol. The number of hydrogen-bond acceptors (Lipinski definition) is 6. The molecule has 2 amide bonds. The summed E-state index contributed by atoms with van der Waals surface area (Å²) in [6.07, 6.45) is 0. The first kappa shape index (κ1) is 24.8. The third-order valence-electron chi connectivity index (χ3n) is 5.79. The van der Waals surface area contributed by atoms with Gasteiger partial charge in [-0.3, -0.25) is 9.59 Å². The molecule has 2 heterocycles. The van der Waals surface area contributed by atoms with Gasteiger partial charge in [-0.1, -0.05) is 53.2 Å². The minimum atomic E-state index is -0.331. The Kier molecular flexibility index (Phi) is 6.71. The number of anilines is 2. The maximum absolute atomic E-state index is 12.6. The van der Waals surface area contributed by atoms with Crippen molar-refractivity contribution in [3.63, 3.8) is 0 Å². The number of rotatable bonds is 6. The predicted octanol–water partition coefficient (Wildman–Crippen LogP) is 8.49. The monoisotopic (exact) mass is 577 g/mol. The van der Waals surface area contributed by atoms with Gasteiger partial charge >= 0.3 is 0 Å². The van der Waals surface area contributed by atoms with Crippen molar-refractivity contribution >= 4 is 102 Å². The van der Waals surface area contributed by atoms with E-state index in [-0.39, 0.29) is 22.6 Å². The number of halogens is 2. The normalized spacial score (nSPS) is 11.3. The van der Waals surface area contributed by atoms with Crippen LogP contribution in [0.2, 0.25) is 10.0 Å². The number of benzene rings is 4. The number of hydrogen-bond donors (Lipinski definition) is 2. The molecule has 0 fully saturated rings. The molecule has 38 heavy (non-hydrogen) atoms. The first-order valence-corrected chi connectivity index (χ1v) is 14.0. The van der Waals surface area contributed by atoms with Gasteiger partial charge in [-0.05, 0) is 54.6 Å². The Bertz CT molecular complexity index is 1870. The largest absolute Gasteiger partial charge is 0.456 e. The van der Waals surface area contributed by atoms with Crippen LogP contribution in [0.1, 0.15) is 10.4 Å². The molecule has 2 N–H and O–H groups in total. The summed E-state index contributed by atoms with van der Waals surface area (Å²) in [5.74, 6) is -0.267. The number of nitrogens with one attached hydrogen (secondary N) is 2. The molecule has 6 nitrogen and oxygen atoms in total. The van der Waals surface area contributed by atoms with E-state index in [1.165, 1.54) is 29.2 Å². The number of thiazole rings is 1. The second kappa shape index (κ2) is 10.3. The van der Waals surface area contributed by atoms with Gasteiger partial charge in [0.25, 0.3) is 5.91 Å². The van der Waals surface area contributed by atoms with Crippen LogP contribution in [0, 0.1) is 0 Å². The van der Waals surface area contributed by atoms with Crippen LogP contribution in [0.25, 0.3) is 32.2 Å². The molecular weight excluding hydrogens is 561 g/mol. The Morgan fingerprint density at radius 1 is 0.868 bits per heavy atom. The maximum atomic E-state index is 12.6. The highest BCUT2D eigenvalue weighted by molar-refractivity contribution is 8.01. The number of thioether (sulfide) groups is 1. The molecule has 2 aromatic heterocycles. The van der Waals surface area contributed by atoms with Gasteiger partial charge in [-0.25, -0.2) is 4.98 Å². The Morgan fingerprint density at radius 3 is 2.53 bits per heavy atom. The predicted molar refractivity (Wildman–Crippen MR) is 157 cm³/mol. The molecule has 188 valence electrons. The van der Waals surface area contributed by atoms with Crippen molar-refractivity contribution < 1.29 is 14.0 Å². The van der Waals surface area contributed by atoms with Gasteiger partial charge in [0.2, 0.25) is 5.91 Å². The summed E-state index contributed by atoms with van der Waals surface area (Å²) in [6, 6.07) is 23.7. The molecule has 6 aromatic rings. The zero-order valence-electron chi connectivity index (χ0n) is 19.5. The van der Waals surface area contributed by atoms with Crippen molar-refractivity contribution in [3.8, 4) is 0 Å². The molecule has 0 spiro atoms. The Morgan fingerprint density at radius 2 is 1.66 bits per heavy atom. The number of para-hydroxylation sites is 1. The van der Waals surface area contributed by atoms with Gasteiger partial charge in [0.1, 0.15) is 11.2 Å². The summed E-state index contributed by atoms with van der Waals surface area (Å²) in [6.45, 7) is 0. The molecular formula is C28H17Cl2N3O3S2. The summed E-state index contributed by atoms with van der Waals surface area (Å²) in [7, 11) is 0. The van der Waals surface area contributed by atoms with Crippen LogP contribution in [-0.4, -0.2) is 22.6 Å². The van der Waals surface area contributed by atoms with E-state index in [0.29, 0.717) is 22.0 Å². The number of carbonyl (C=O) groups excluding carboxylic acids is 2. The van der Waals surface area contributed by atoms with Crippen molar-refractivity contribution in [1.29, 1.82) is 0 Å². The van der Waals surface area contributed by atoms with E-state index in [1.807, 2.05) is 54.6 Å². The average Bonchev–Trinajstić information content (AvgIpc) is 3.47. The van der Waals surface area contributed by atoms with E-state index in [0.717, 1.165) is 36.5 Å². The number of fused-ring (bicyclic) bond motifs is 4. The zero-order chi connectivity index (χ0) is 26.2. The van der Waals surface area contributed by atoms with Crippen LogP contribution < -0.4 is 10.6 Å². The maximum Gasteiger partial charge on any atom is 0.257 e. The summed E-state index contributed by atoms with van der Waals surface area (Å²) in [4.78, 5) is 29.8. The summed E-state index contributed by atoms with van der Waals surface area (Å²) < 4.78 is 7.55. The van der Waals surface area contributed by atoms with Gasteiger partial charge in [0, 0.05) is 33.2 Å². The lowest BCUT2D eigenvalue weighted by molar-refractivity contribution is -0.113. The smallest absolute Gasteiger partial charge is 0.257 e. The number of amides is 2. The van der Waals surface area contributed by atoms with E-state index in [2.05, 4.69) is 15.6 Å². The first-order chi connectivity index (χ1) is 18.4. The SMILES string of the molecule is O=C(CSc1nc2ccc(NC(=O)c3ccc(Cl)cc3Cl)cc2s1)Nc1ccc2c(c1)oc1ccccc12. The van der Waals surface area contributed by atoms with E-state index in [4.69, 9.17) is 27.6 Å². The molecule has 6 rings (SSSR count). The van der Waals surface area contributed by atoms with Crippen molar-refractivity contribution in [2.75, 3.05) is 16.4 Å². The number of carbonyl (C=O) groups is 2. The molecule has 0 unspecified atom stereocenters. The highest BCUT2D eigenvalue weighted by Gasteiger charge is 2.14. The van der Waals surface area contributed by atoms with Gasteiger partial charge in [-0.2, -0.15) is 0 Å². The highest BCUT2D eigenvalue weighted by atomic mass is 35.5. The molecule has 10 heteroatoms. The van der Waals surface area contributed by atoms with Crippen LogP contribution in [-0.2, 0) is 4.79 Å². The van der Waals surface area contributed by atoms with Gasteiger partial charge < -0.3 is 15.1 Å². The van der Waals surface area contributed by atoms with Gasteiger partial charge in [0.15, 0.2) is 4.34 Å². The second-order valence-electron chi connectivity index (χ2n) is 8.39. The van der Waals surface area contributed by atoms with Gasteiger partial charge in [-0.15, -0.1) is 11.3 Å². The molecule has 0 aliphatic heterocycles. The number of furan rings is 1. The van der Waals surface area contributed by atoms with Crippen molar-refractivity contribution in [1.82, 2.24) is 4.98 Å². The lowest BCUT2D eigenvalue weighted by Crippen LogP contribution is -2.13. The quantitative estimate of drug-likeness (QED) is 0.194. The van der Waals surface area contributed by atoms with Crippen LogP contribution in [0.3, 0.4) is 0 Å². The molecule has 0 aliphatic carbocycles. The molecule has 0 saturated heterocycles. The van der Waals surface area contributed by atoms with E-state index >= 15 is 0 Å². The van der Waals surface area contributed by atoms with Crippen molar-refractivity contribution in [2.45, 2.75) is 4.34 Å². The highest BCUT2D eigenvalue weighted by Crippen LogP contribution is 2.33. The molecule has 0 saturated carbocycles. The van der Waals surface area contributed by atoms with Crippen LogP contribution in [0.4, 0.5) is 11.4 Å². The minimum absolute atomic E-state index is 0.141. The molecule has 0 atom stereocenters. The molecule has 0 bridgehead atoms. The zero-order valence-corrected chi connectivity index (χ0v) is 22.6. The minimum Gasteiger partial charge on any atom is -0.456 e. The van der Waals surface area contributed by atoms with E-state index < -0.39 is 0 Å². The summed E-state index contributed by atoms with van der Waals surface area (Å²) >= 11 is 14.9. The Balaban J connectivity index is 1.10. The molecule has 0 radical (unpaired) electrons. The molecule has 4 aromatic carbocycles. The third kappa shape index (κ3) is 5.08. The Labute approximate surface area is 234 Å². The van der Waals surface area contributed by atoms with Crippen LogP contribution in [0.15, 0.2) is 87.6 Å². The van der Waals surface area contributed by atoms with E-state index in [1.54, 1.807) is 18.2 Å². The Hall–Kier alpha value is -3.56. The van der Waals surface area contributed by atoms with Gasteiger partial charge in [0.05, 0.1) is 26.6 Å². The summed E-state index contributed by atoms with van der Waals surface area (Å²) in [5, 5.41) is 8.58. The first-order valence-electron chi connectivity index (χ1n) is 11.4. The number of nitrogens with zero attached hydrogens (tertiary/aromatic N) is 1. The van der Waals surface area contributed by atoms with Crippen molar-refractivity contribution in [3.05, 3.63) is 94.5 Å². The van der Waals surface area contributed by atoms with E-state index in [9.17, 15) is 9.59 Å². The lowest BCUT2D eigenvalue weighted by atomic mass is 10.1. The third-order valence-corrected chi connectivity index (χ3v) is 8.50. The fourth-order valence-corrected chi connectivity index (χ4v) is 6.45. The number of aromatic nitrogens is 1. The standard InChI is InChI=1S/C28H17Cl2N3O3S2/c29-15-5-8-20(21(30)11-15)27(35)32-17-7-10-22-25(13-17)38-28(33-22)37-14-26(34)31-16-6-9-19-18-3-1-2-4-23(18)36-24(19)12-16/h1-13H,14H2,(H,31,34)(H,32,35). The van der Waals surface area contributed by atoms with Crippen molar-refractivity contribution in [2.24, 2.45) is 0 Å². The second-order valence-corrected chi connectivity index (χ2v) is 11.5. The lowest BCUT2D eigenvalue weighted by Gasteiger charge is -2.07. The topological polar surface area (TPSA) is 84.2 Å². The summed E-state index contributed by atoms with van der Waals surface area (Å²) in [5.41, 5.74) is 3.95. The molecule has 0 aliphatic rings.